The molecule has 1 fully saturated rings. The van der Waals surface area contributed by atoms with E-state index in [1.165, 1.54) is 0 Å². The van der Waals surface area contributed by atoms with Gasteiger partial charge in [0.1, 0.15) is 17.9 Å². The van der Waals surface area contributed by atoms with E-state index in [1.54, 1.807) is 0 Å². The van der Waals surface area contributed by atoms with E-state index in [0.717, 1.165) is 21.2 Å². The average molecular weight is 363 g/mol. The highest BCUT2D eigenvalue weighted by Gasteiger charge is 2.42. The van der Waals surface area contributed by atoms with Gasteiger partial charge in [-0.1, -0.05) is 61.3 Å². The van der Waals surface area contributed by atoms with Gasteiger partial charge in [-0.3, -0.25) is 4.79 Å². The van der Waals surface area contributed by atoms with E-state index in [-0.39, 0.29) is 18.0 Å². The largest absolute Gasteiger partial charge is 0.333 e. The van der Waals surface area contributed by atoms with Crippen LogP contribution in [0.2, 0.25) is 10.0 Å². The summed E-state index contributed by atoms with van der Waals surface area (Å²) in [5.41, 5.74) is 2.30. The number of benzene rings is 2. The van der Waals surface area contributed by atoms with Crippen LogP contribution >= 0.6 is 23.2 Å². The van der Waals surface area contributed by atoms with Crippen molar-refractivity contribution in [1.29, 1.82) is 0 Å². The minimum Gasteiger partial charge on any atom is -0.333 e. The maximum absolute atomic E-state index is 12.9. The van der Waals surface area contributed by atoms with Gasteiger partial charge in [0.05, 0.1) is 12.3 Å². The molecule has 3 rings (SSSR count). The Morgan fingerprint density at radius 3 is 1.92 bits per heavy atom. The molecule has 3 unspecified atom stereocenters. The third-order valence-corrected chi connectivity index (χ3v) is 5.39. The van der Waals surface area contributed by atoms with Crippen LogP contribution in [0.3, 0.4) is 0 Å². The summed E-state index contributed by atoms with van der Waals surface area (Å²) in [6, 6.07) is 15.9. The fourth-order valence-corrected chi connectivity index (χ4v) is 3.97. The predicted octanol–water partition coefficient (Wildman–Crippen LogP) is 4.58. The standard InChI is InChI=1S/C20H21Cl2NO/c1-12(2)19-18(24)11-17(13-3-7-15(21)8-4-13)23-20(19)14-5-9-16(22)10-6-14/h3-10,12,17,19-20,23H,11H2,1-2H3/p+1. The number of carbonyl (C=O) groups excluding carboxylic acids is 1. The molecule has 0 radical (unpaired) electrons. The first-order chi connectivity index (χ1) is 11.5. The molecule has 1 heterocycles. The molecule has 0 amide bonds. The zero-order valence-electron chi connectivity index (χ0n) is 13.9. The van der Waals surface area contributed by atoms with Crippen LogP contribution in [0.25, 0.3) is 0 Å². The highest BCUT2D eigenvalue weighted by atomic mass is 35.5. The number of piperidine rings is 1. The van der Waals surface area contributed by atoms with Crippen molar-refractivity contribution in [2.24, 2.45) is 11.8 Å². The summed E-state index contributed by atoms with van der Waals surface area (Å²) in [7, 11) is 0. The molecule has 0 bridgehead atoms. The Kier molecular flexibility index (Phi) is 5.29. The number of carbonyl (C=O) groups is 1. The van der Waals surface area contributed by atoms with Crippen LogP contribution in [-0.2, 0) is 4.79 Å². The van der Waals surface area contributed by atoms with E-state index in [9.17, 15) is 4.79 Å². The van der Waals surface area contributed by atoms with Crippen molar-refractivity contribution in [1.82, 2.24) is 0 Å². The quantitative estimate of drug-likeness (QED) is 0.851. The number of halogens is 2. The molecule has 1 aliphatic rings. The molecule has 1 aliphatic heterocycles. The van der Waals surface area contributed by atoms with Crippen molar-refractivity contribution in [3.05, 3.63) is 69.7 Å². The van der Waals surface area contributed by atoms with Crippen LogP contribution in [0.15, 0.2) is 48.5 Å². The van der Waals surface area contributed by atoms with Crippen molar-refractivity contribution in [3.8, 4) is 0 Å². The summed E-state index contributed by atoms with van der Waals surface area (Å²) < 4.78 is 0. The van der Waals surface area contributed by atoms with Gasteiger partial charge in [-0.25, -0.2) is 0 Å². The van der Waals surface area contributed by atoms with Gasteiger partial charge >= 0.3 is 0 Å². The lowest BCUT2D eigenvalue weighted by molar-refractivity contribution is -0.744. The molecular formula is C20H22Cl2NO+. The lowest BCUT2D eigenvalue weighted by Gasteiger charge is -2.36. The molecule has 0 spiro atoms. The number of hydrogen-bond donors (Lipinski definition) is 1. The molecule has 4 heteroatoms. The van der Waals surface area contributed by atoms with Crippen LogP contribution in [0.4, 0.5) is 0 Å². The van der Waals surface area contributed by atoms with E-state index < -0.39 is 0 Å². The van der Waals surface area contributed by atoms with Crippen LogP contribution in [-0.4, -0.2) is 5.78 Å². The van der Waals surface area contributed by atoms with Gasteiger partial charge in [0.15, 0.2) is 0 Å². The molecule has 2 aromatic rings. The van der Waals surface area contributed by atoms with Crippen molar-refractivity contribution in [2.45, 2.75) is 32.4 Å². The maximum Gasteiger partial charge on any atom is 0.148 e. The van der Waals surface area contributed by atoms with E-state index in [2.05, 4.69) is 19.2 Å². The lowest BCUT2D eigenvalue weighted by Crippen LogP contribution is -2.90. The number of rotatable bonds is 3. The van der Waals surface area contributed by atoms with Gasteiger partial charge in [0.25, 0.3) is 0 Å². The number of quaternary nitrogens is 1. The van der Waals surface area contributed by atoms with Crippen LogP contribution in [0.1, 0.15) is 43.5 Å². The summed E-state index contributed by atoms with van der Waals surface area (Å²) in [5.74, 6) is 0.669. The zero-order chi connectivity index (χ0) is 17.3. The highest BCUT2D eigenvalue weighted by Crippen LogP contribution is 2.34. The molecule has 24 heavy (non-hydrogen) atoms. The van der Waals surface area contributed by atoms with Crippen LogP contribution in [0, 0.1) is 11.8 Å². The molecule has 2 N–H and O–H groups in total. The average Bonchev–Trinajstić information content (AvgIpc) is 2.55. The normalized spacial score (nSPS) is 24.4. The molecule has 126 valence electrons. The SMILES string of the molecule is CC(C)C1C(=O)CC(c2ccc(Cl)cc2)[NH2+]C1c1ccc(Cl)cc1. The summed E-state index contributed by atoms with van der Waals surface area (Å²) in [4.78, 5) is 12.9. The fourth-order valence-electron chi connectivity index (χ4n) is 3.72. The third kappa shape index (κ3) is 3.66. The smallest absolute Gasteiger partial charge is 0.148 e. The second-order valence-corrected chi connectivity index (χ2v) is 7.74. The van der Waals surface area contributed by atoms with Crippen molar-refractivity contribution >= 4 is 29.0 Å². The van der Waals surface area contributed by atoms with E-state index >= 15 is 0 Å². The Morgan fingerprint density at radius 2 is 1.42 bits per heavy atom. The molecule has 0 aromatic heterocycles. The van der Waals surface area contributed by atoms with Crippen molar-refractivity contribution < 1.29 is 10.1 Å². The number of nitrogens with two attached hydrogens (primary N) is 1. The monoisotopic (exact) mass is 362 g/mol. The Labute approximate surface area is 153 Å². The molecule has 2 aromatic carbocycles. The fraction of sp³-hybridized carbons (Fsp3) is 0.350. The number of hydrogen-bond acceptors (Lipinski definition) is 1. The minimum atomic E-state index is 0.0229. The van der Waals surface area contributed by atoms with E-state index in [4.69, 9.17) is 23.2 Å². The van der Waals surface area contributed by atoms with E-state index in [0.29, 0.717) is 18.1 Å². The molecule has 2 nitrogen and oxygen atoms in total. The zero-order valence-corrected chi connectivity index (χ0v) is 15.4. The summed E-state index contributed by atoms with van der Waals surface area (Å²) >= 11 is 12.0. The Bertz CT molecular complexity index is 709. The molecule has 0 saturated carbocycles. The first-order valence-electron chi connectivity index (χ1n) is 8.34. The summed E-state index contributed by atoms with van der Waals surface area (Å²) in [5, 5.41) is 3.77. The first kappa shape index (κ1) is 17.5. The summed E-state index contributed by atoms with van der Waals surface area (Å²) in [6.07, 6.45) is 0.564. The highest BCUT2D eigenvalue weighted by molar-refractivity contribution is 6.30. The Hall–Kier alpha value is -1.35. The molecule has 0 aliphatic carbocycles. The number of ketones is 1. The predicted molar refractivity (Wildman–Crippen MR) is 98.3 cm³/mol. The van der Waals surface area contributed by atoms with Gasteiger partial charge < -0.3 is 5.32 Å². The summed E-state index contributed by atoms with van der Waals surface area (Å²) in [6.45, 7) is 4.25. The van der Waals surface area contributed by atoms with Gasteiger partial charge in [-0.05, 0) is 30.2 Å². The molecule has 1 saturated heterocycles. The molecular weight excluding hydrogens is 341 g/mol. The van der Waals surface area contributed by atoms with Gasteiger partial charge in [0, 0.05) is 21.2 Å². The minimum absolute atomic E-state index is 0.0229. The Morgan fingerprint density at radius 1 is 0.917 bits per heavy atom. The molecule has 3 atom stereocenters. The van der Waals surface area contributed by atoms with Gasteiger partial charge in [-0.15, -0.1) is 0 Å². The van der Waals surface area contributed by atoms with Gasteiger partial charge in [-0.2, -0.15) is 0 Å². The second-order valence-electron chi connectivity index (χ2n) is 6.87. The lowest BCUT2D eigenvalue weighted by atomic mass is 9.75. The third-order valence-electron chi connectivity index (χ3n) is 4.89. The van der Waals surface area contributed by atoms with Crippen molar-refractivity contribution in [3.63, 3.8) is 0 Å². The van der Waals surface area contributed by atoms with Crippen molar-refractivity contribution in [2.75, 3.05) is 0 Å². The topological polar surface area (TPSA) is 33.7 Å². The van der Waals surface area contributed by atoms with Gasteiger partial charge in [0.2, 0.25) is 0 Å². The van der Waals surface area contributed by atoms with E-state index in [1.807, 2.05) is 48.5 Å². The number of Topliss-reactive ketones (excluding diaryl/α,β-unsaturated/α-hetero) is 1. The second kappa shape index (κ2) is 7.26. The maximum atomic E-state index is 12.9. The Balaban J connectivity index is 1.93. The van der Waals surface area contributed by atoms with Crippen LogP contribution in [0.5, 0.6) is 0 Å². The first-order valence-corrected chi connectivity index (χ1v) is 9.10. The van der Waals surface area contributed by atoms with Crippen LogP contribution < -0.4 is 5.32 Å².